The van der Waals surface area contributed by atoms with Crippen LogP contribution in [0.2, 0.25) is 0 Å². The number of methoxy groups -OCH3 is 1. The van der Waals surface area contributed by atoms with Gasteiger partial charge in [0.2, 0.25) is 0 Å². The highest BCUT2D eigenvalue weighted by Crippen LogP contribution is 2.30. The van der Waals surface area contributed by atoms with Gasteiger partial charge in [0.25, 0.3) is 0 Å². The van der Waals surface area contributed by atoms with E-state index >= 15 is 0 Å². The Bertz CT molecular complexity index is 425. The average Bonchev–Trinajstić information content (AvgIpc) is 2.94. The Kier molecular flexibility index (Phi) is 6.05. The van der Waals surface area contributed by atoms with Crippen molar-refractivity contribution in [3.8, 4) is 11.5 Å². The lowest BCUT2D eigenvalue weighted by molar-refractivity contribution is 0.310. The molecule has 2 unspecified atom stereocenters. The van der Waals surface area contributed by atoms with Crippen molar-refractivity contribution in [2.45, 2.75) is 44.0 Å². The van der Waals surface area contributed by atoms with E-state index in [1.54, 1.807) is 7.11 Å². The van der Waals surface area contributed by atoms with Crippen molar-refractivity contribution in [1.82, 2.24) is 5.32 Å². The molecule has 2 rings (SSSR count). The minimum Gasteiger partial charge on any atom is -0.493 e. The second kappa shape index (κ2) is 7.79. The average molecular weight is 295 g/mol. The van der Waals surface area contributed by atoms with Crippen LogP contribution in [-0.4, -0.2) is 31.3 Å². The van der Waals surface area contributed by atoms with Crippen LogP contribution in [-0.2, 0) is 6.54 Å². The van der Waals surface area contributed by atoms with Crippen molar-refractivity contribution in [2.24, 2.45) is 0 Å². The van der Waals surface area contributed by atoms with Gasteiger partial charge in [0, 0.05) is 17.8 Å². The number of thioether (sulfide) groups is 1. The summed E-state index contributed by atoms with van der Waals surface area (Å²) < 4.78 is 10.9. The first-order valence-corrected chi connectivity index (χ1v) is 8.61. The lowest BCUT2D eigenvalue weighted by Crippen LogP contribution is -2.26. The third-order valence-electron chi connectivity index (χ3n) is 3.84. The molecule has 1 aliphatic carbocycles. The molecular formula is C16H25NO2S. The summed E-state index contributed by atoms with van der Waals surface area (Å²) in [6.07, 6.45) is 6.13. The molecule has 0 aromatic heterocycles. The van der Waals surface area contributed by atoms with E-state index in [9.17, 15) is 0 Å². The Labute approximate surface area is 126 Å². The molecule has 0 heterocycles. The van der Waals surface area contributed by atoms with Crippen molar-refractivity contribution >= 4 is 11.8 Å². The van der Waals surface area contributed by atoms with Gasteiger partial charge in [-0.15, -0.1) is 0 Å². The van der Waals surface area contributed by atoms with E-state index < -0.39 is 0 Å². The zero-order valence-electron chi connectivity index (χ0n) is 12.6. The largest absolute Gasteiger partial charge is 0.493 e. The predicted octanol–water partition coefficient (Wildman–Crippen LogP) is 3.47. The maximum atomic E-state index is 5.62. The molecule has 3 nitrogen and oxygen atoms in total. The molecule has 1 saturated carbocycles. The third-order valence-corrected chi connectivity index (χ3v) is 4.94. The summed E-state index contributed by atoms with van der Waals surface area (Å²) in [4.78, 5) is 0. The first-order chi connectivity index (χ1) is 9.76. The van der Waals surface area contributed by atoms with Crippen LogP contribution in [0.5, 0.6) is 11.5 Å². The van der Waals surface area contributed by atoms with Crippen LogP contribution in [0.4, 0.5) is 0 Å². The van der Waals surface area contributed by atoms with Crippen molar-refractivity contribution < 1.29 is 9.47 Å². The van der Waals surface area contributed by atoms with E-state index in [0.717, 1.165) is 23.3 Å². The molecule has 1 aromatic rings. The van der Waals surface area contributed by atoms with Gasteiger partial charge in [-0.25, -0.2) is 0 Å². The van der Waals surface area contributed by atoms with Gasteiger partial charge in [-0.2, -0.15) is 11.8 Å². The summed E-state index contributed by atoms with van der Waals surface area (Å²) >= 11 is 2.00. The number of ether oxygens (including phenoxy) is 2. The summed E-state index contributed by atoms with van der Waals surface area (Å²) in [5.41, 5.74) is 1.25. The maximum Gasteiger partial charge on any atom is 0.161 e. The second-order valence-corrected chi connectivity index (χ2v) is 6.30. The van der Waals surface area contributed by atoms with Gasteiger partial charge >= 0.3 is 0 Å². The fourth-order valence-electron chi connectivity index (χ4n) is 2.70. The van der Waals surface area contributed by atoms with E-state index in [-0.39, 0.29) is 0 Å². The molecule has 1 aromatic carbocycles. The Morgan fingerprint density at radius 1 is 1.30 bits per heavy atom. The Hall–Kier alpha value is -0.870. The van der Waals surface area contributed by atoms with Crippen molar-refractivity contribution in [3.63, 3.8) is 0 Å². The molecule has 0 saturated heterocycles. The van der Waals surface area contributed by atoms with Gasteiger partial charge in [0.1, 0.15) is 0 Å². The monoisotopic (exact) mass is 295 g/mol. The molecule has 0 radical (unpaired) electrons. The van der Waals surface area contributed by atoms with Gasteiger partial charge in [-0.3, -0.25) is 0 Å². The number of hydrogen-bond donors (Lipinski definition) is 1. The van der Waals surface area contributed by atoms with E-state index in [1.165, 1.54) is 24.8 Å². The summed E-state index contributed by atoms with van der Waals surface area (Å²) in [5, 5.41) is 4.49. The third kappa shape index (κ3) is 4.06. The zero-order valence-corrected chi connectivity index (χ0v) is 13.5. The van der Waals surface area contributed by atoms with Crippen LogP contribution in [0, 0.1) is 0 Å². The lowest BCUT2D eigenvalue weighted by Gasteiger charge is -2.15. The summed E-state index contributed by atoms with van der Waals surface area (Å²) in [6.45, 7) is 3.55. The molecule has 0 amide bonds. The van der Waals surface area contributed by atoms with Crippen molar-refractivity contribution in [2.75, 3.05) is 20.0 Å². The first kappa shape index (κ1) is 15.5. The van der Waals surface area contributed by atoms with Crippen LogP contribution in [0.25, 0.3) is 0 Å². The molecular weight excluding hydrogens is 270 g/mol. The highest BCUT2D eigenvalue weighted by atomic mass is 32.2. The number of benzene rings is 1. The van der Waals surface area contributed by atoms with Crippen LogP contribution in [0.15, 0.2) is 18.2 Å². The Balaban J connectivity index is 1.91. The number of rotatable bonds is 7. The summed E-state index contributed by atoms with van der Waals surface area (Å²) in [7, 11) is 1.68. The fourth-order valence-corrected chi connectivity index (χ4v) is 3.50. The van der Waals surface area contributed by atoms with Gasteiger partial charge in [-0.05, 0) is 50.1 Å². The zero-order chi connectivity index (χ0) is 14.4. The van der Waals surface area contributed by atoms with Crippen molar-refractivity contribution in [3.05, 3.63) is 23.8 Å². The highest BCUT2D eigenvalue weighted by molar-refractivity contribution is 7.99. The standard InChI is InChI=1S/C16H25NO2S/c1-4-19-16-9-12(5-8-15(16)18-2)11-17-13-6-7-14(10-13)20-3/h5,8-9,13-14,17H,4,6-7,10-11H2,1-3H3. The van der Waals surface area contributed by atoms with Crippen molar-refractivity contribution in [1.29, 1.82) is 0 Å². The molecule has 1 aliphatic rings. The minimum absolute atomic E-state index is 0.657. The van der Waals surface area contributed by atoms with Gasteiger partial charge in [0.05, 0.1) is 13.7 Å². The van der Waals surface area contributed by atoms with E-state index in [2.05, 4.69) is 23.7 Å². The van der Waals surface area contributed by atoms with Gasteiger partial charge < -0.3 is 14.8 Å². The summed E-state index contributed by atoms with van der Waals surface area (Å²) in [6, 6.07) is 6.83. The smallest absolute Gasteiger partial charge is 0.161 e. The Morgan fingerprint density at radius 3 is 2.80 bits per heavy atom. The fraction of sp³-hybridized carbons (Fsp3) is 0.625. The quantitative estimate of drug-likeness (QED) is 0.834. The molecule has 0 aliphatic heterocycles. The summed E-state index contributed by atoms with van der Waals surface area (Å²) in [5.74, 6) is 1.64. The van der Waals surface area contributed by atoms with E-state index in [4.69, 9.17) is 9.47 Å². The van der Waals surface area contributed by atoms with Gasteiger partial charge in [-0.1, -0.05) is 6.07 Å². The number of hydrogen-bond acceptors (Lipinski definition) is 4. The van der Waals surface area contributed by atoms with Crippen LogP contribution < -0.4 is 14.8 Å². The molecule has 20 heavy (non-hydrogen) atoms. The number of nitrogens with one attached hydrogen (secondary N) is 1. The molecule has 1 N–H and O–H groups in total. The second-order valence-electron chi connectivity index (χ2n) is 5.17. The molecule has 0 spiro atoms. The highest BCUT2D eigenvalue weighted by Gasteiger charge is 2.23. The lowest BCUT2D eigenvalue weighted by atomic mass is 10.1. The van der Waals surface area contributed by atoms with Crippen LogP contribution >= 0.6 is 11.8 Å². The molecule has 2 atom stereocenters. The molecule has 0 bridgehead atoms. The minimum atomic E-state index is 0.657. The maximum absolute atomic E-state index is 5.62. The normalized spacial score (nSPS) is 21.9. The van der Waals surface area contributed by atoms with Crippen LogP contribution in [0.3, 0.4) is 0 Å². The predicted molar refractivity (Wildman–Crippen MR) is 85.9 cm³/mol. The Morgan fingerprint density at radius 2 is 2.15 bits per heavy atom. The molecule has 4 heteroatoms. The van der Waals surface area contributed by atoms with E-state index in [0.29, 0.717) is 12.6 Å². The van der Waals surface area contributed by atoms with Gasteiger partial charge in [0.15, 0.2) is 11.5 Å². The topological polar surface area (TPSA) is 30.5 Å². The molecule has 112 valence electrons. The molecule has 1 fully saturated rings. The van der Waals surface area contributed by atoms with Crippen LogP contribution in [0.1, 0.15) is 31.7 Å². The first-order valence-electron chi connectivity index (χ1n) is 7.32. The van der Waals surface area contributed by atoms with E-state index in [1.807, 2.05) is 24.8 Å². The SMILES string of the molecule is CCOc1cc(CNC2CCC(SC)C2)ccc1OC.